The molecule has 0 N–H and O–H groups in total. The van der Waals surface area contributed by atoms with Crippen LogP contribution < -0.4 is 4.90 Å². The average molecular weight is 611 g/mol. The first kappa shape index (κ1) is 26.8. The quantitative estimate of drug-likeness (QED) is 0.139. The fourth-order valence-electron chi connectivity index (χ4n) is 7.84. The van der Waals surface area contributed by atoms with Crippen LogP contribution in [0, 0.1) is 0 Å². The molecule has 0 amide bonds. The molecule has 0 aliphatic rings. The zero-order valence-electron chi connectivity index (χ0n) is 26.2. The molecule has 0 aliphatic carbocycles. The zero-order valence-corrected chi connectivity index (χ0v) is 26.2. The van der Waals surface area contributed by atoms with Crippen LogP contribution in [0.4, 0.5) is 17.1 Å². The number of benzene rings is 8. The van der Waals surface area contributed by atoms with E-state index in [0.717, 1.165) is 17.1 Å². The van der Waals surface area contributed by atoms with Crippen molar-refractivity contribution in [2.45, 2.75) is 0 Å². The maximum Gasteiger partial charge on any atom is 0.0782 e. The van der Waals surface area contributed by atoms with Crippen LogP contribution in [0.25, 0.3) is 71.1 Å². The van der Waals surface area contributed by atoms with E-state index in [9.17, 15) is 0 Å². The van der Waals surface area contributed by atoms with Gasteiger partial charge in [-0.15, -0.1) is 0 Å². The third-order valence-corrected chi connectivity index (χ3v) is 9.91. The summed E-state index contributed by atoms with van der Waals surface area (Å²) in [6.45, 7) is 0. The van der Waals surface area contributed by atoms with Crippen LogP contribution in [-0.2, 0) is 0 Å². The molecule has 0 saturated heterocycles. The maximum absolute atomic E-state index is 2.53. The Balaban J connectivity index is 1.33. The van der Waals surface area contributed by atoms with Gasteiger partial charge >= 0.3 is 0 Å². The summed E-state index contributed by atoms with van der Waals surface area (Å²) in [6, 6.07) is 66.2. The first-order chi connectivity index (χ1) is 23.8. The molecule has 0 radical (unpaired) electrons. The number of nitrogens with zero attached hydrogens (tertiary/aromatic N) is 2. The molecule has 0 bridgehead atoms. The Bertz CT molecular complexity index is 2750. The Kier molecular flexibility index (Phi) is 5.91. The van der Waals surface area contributed by atoms with E-state index in [2.05, 4.69) is 191 Å². The van der Waals surface area contributed by atoms with Crippen molar-refractivity contribution in [1.29, 1.82) is 0 Å². The lowest BCUT2D eigenvalue weighted by atomic mass is 9.99. The van der Waals surface area contributed by atoms with Crippen molar-refractivity contribution in [3.05, 3.63) is 182 Å². The van der Waals surface area contributed by atoms with Gasteiger partial charge in [-0.05, 0) is 57.8 Å². The molecule has 2 heterocycles. The second kappa shape index (κ2) is 10.6. The number of anilines is 3. The van der Waals surface area contributed by atoms with E-state index in [1.165, 1.54) is 71.1 Å². The van der Waals surface area contributed by atoms with E-state index in [0.29, 0.717) is 0 Å². The molecule has 10 aromatic rings. The highest BCUT2D eigenvalue weighted by Gasteiger charge is 2.24. The van der Waals surface area contributed by atoms with Gasteiger partial charge in [0.05, 0.1) is 27.9 Å². The molecule has 0 fully saturated rings. The highest BCUT2D eigenvalue weighted by molar-refractivity contribution is 6.28. The topological polar surface area (TPSA) is 7.65 Å². The number of pyridine rings is 1. The number of fused-ring (bicyclic) bond motifs is 5. The number of hydrogen-bond acceptors (Lipinski definition) is 1. The molecule has 8 aromatic carbocycles. The Hall–Kier alpha value is -6.38. The maximum atomic E-state index is 2.53. The van der Waals surface area contributed by atoms with Crippen molar-refractivity contribution < 1.29 is 0 Å². The Morgan fingerprint density at radius 3 is 1.67 bits per heavy atom. The number of para-hydroxylation sites is 3. The first-order valence-corrected chi connectivity index (χ1v) is 16.5. The van der Waals surface area contributed by atoms with E-state index in [1.54, 1.807) is 0 Å². The van der Waals surface area contributed by atoms with E-state index >= 15 is 0 Å². The zero-order chi connectivity index (χ0) is 31.6. The summed E-state index contributed by atoms with van der Waals surface area (Å²) in [5, 5.41) is 7.66. The molecule has 0 atom stereocenters. The third-order valence-electron chi connectivity index (χ3n) is 9.91. The first-order valence-electron chi connectivity index (χ1n) is 16.5. The van der Waals surface area contributed by atoms with Gasteiger partial charge in [-0.2, -0.15) is 0 Å². The molecule has 0 unspecified atom stereocenters. The summed E-state index contributed by atoms with van der Waals surface area (Å²) in [7, 11) is 0. The van der Waals surface area contributed by atoms with Crippen molar-refractivity contribution in [3.63, 3.8) is 0 Å². The molecule has 0 aliphatic heterocycles. The molecule has 48 heavy (non-hydrogen) atoms. The van der Waals surface area contributed by atoms with Gasteiger partial charge in [-0.1, -0.05) is 152 Å². The highest BCUT2D eigenvalue weighted by atomic mass is 15.2. The van der Waals surface area contributed by atoms with E-state index in [4.69, 9.17) is 0 Å². The summed E-state index contributed by atoms with van der Waals surface area (Å²) in [5.41, 5.74) is 11.9. The molecular formula is C46H30N2. The van der Waals surface area contributed by atoms with Crippen molar-refractivity contribution in [2.75, 3.05) is 4.90 Å². The van der Waals surface area contributed by atoms with Gasteiger partial charge in [0.2, 0.25) is 0 Å². The van der Waals surface area contributed by atoms with E-state index < -0.39 is 0 Å². The molecule has 2 nitrogen and oxygen atoms in total. The lowest BCUT2D eigenvalue weighted by Gasteiger charge is -2.29. The minimum atomic E-state index is 1.11. The smallest absolute Gasteiger partial charge is 0.0782 e. The number of hydrogen-bond donors (Lipinski definition) is 0. The summed E-state index contributed by atoms with van der Waals surface area (Å²) in [6.07, 6.45) is 0. The Morgan fingerprint density at radius 2 is 0.896 bits per heavy atom. The predicted molar refractivity (Wildman–Crippen MR) is 204 cm³/mol. The van der Waals surface area contributed by atoms with Crippen LogP contribution in [0.15, 0.2) is 182 Å². The van der Waals surface area contributed by atoms with Gasteiger partial charge in [0.15, 0.2) is 0 Å². The largest absolute Gasteiger partial charge is 0.308 e. The minimum absolute atomic E-state index is 1.11. The molecule has 2 heteroatoms. The minimum Gasteiger partial charge on any atom is -0.308 e. The van der Waals surface area contributed by atoms with Gasteiger partial charge in [0.1, 0.15) is 0 Å². The van der Waals surface area contributed by atoms with Gasteiger partial charge in [0, 0.05) is 32.8 Å². The van der Waals surface area contributed by atoms with Crippen LogP contribution >= 0.6 is 0 Å². The summed E-state index contributed by atoms with van der Waals surface area (Å²) >= 11 is 0. The van der Waals surface area contributed by atoms with Crippen LogP contribution in [0.1, 0.15) is 0 Å². The molecule has 2 aromatic heterocycles. The summed E-state index contributed by atoms with van der Waals surface area (Å²) < 4.78 is 2.53. The SMILES string of the molecule is c1ccc(-c2ccc(N(c3ccccc3-c3ccccc3)c3cccc4c5cccc6c7cccc8cccc(c87)n(c34)c65)cc2)cc1. The second-order valence-corrected chi connectivity index (χ2v) is 12.5. The lowest BCUT2D eigenvalue weighted by molar-refractivity contribution is 1.27. The highest BCUT2D eigenvalue weighted by Crippen LogP contribution is 2.47. The van der Waals surface area contributed by atoms with Crippen molar-refractivity contribution in [2.24, 2.45) is 0 Å². The predicted octanol–water partition coefficient (Wildman–Crippen LogP) is 12.8. The summed E-state index contributed by atoms with van der Waals surface area (Å²) in [5.74, 6) is 0. The van der Waals surface area contributed by atoms with Crippen LogP contribution in [0.3, 0.4) is 0 Å². The van der Waals surface area contributed by atoms with Crippen LogP contribution in [-0.4, -0.2) is 4.40 Å². The second-order valence-electron chi connectivity index (χ2n) is 12.5. The van der Waals surface area contributed by atoms with Crippen LogP contribution in [0.5, 0.6) is 0 Å². The lowest BCUT2D eigenvalue weighted by Crippen LogP contribution is -2.12. The van der Waals surface area contributed by atoms with Crippen LogP contribution in [0.2, 0.25) is 0 Å². The Labute approximate surface area is 278 Å². The average Bonchev–Trinajstić information content (AvgIpc) is 3.51. The molecule has 10 rings (SSSR count). The van der Waals surface area contributed by atoms with E-state index in [1.807, 2.05) is 0 Å². The standard InChI is InChI=1S/C46H30N2/c1-3-13-31(14-4-1)32-27-29-35(30-28-32)47(41-24-8-7-19-36(41)33-15-5-2-6-16-33)43-26-12-23-40-39-22-11-21-38-37-20-9-17-34-18-10-25-42(44(34)37)48(45(38)39)46(40)43/h1-30H. The Morgan fingerprint density at radius 1 is 0.354 bits per heavy atom. The fraction of sp³-hybridized carbons (Fsp3) is 0. The van der Waals surface area contributed by atoms with Crippen molar-refractivity contribution >= 4 is 65.9 Å². The normalized spacial score (nSPS) is 11.8. The van der Waals surface area contributed by atoms with Crippen molar-refractivity contribution in [1.82, 2.24) is 4.40 Å². The fourth-order valence-corrected chi connectivity index (χ4v) is 7.84. The van der Waals surface area contributed by atoms with Gasteiger partial charge < -0.3 is 9.30 Å². The summed E-state index contributed by atoms with van der Waals surface area (Å²) in [4.78, 5) is 2.46. The monoisotopic (exact) mass is 610 g/mol. The van der Waals surface area contributed by atoms with Gasteiger partial charge in [0.25, 0.3) is 0 Å². The molecular weight excluding hydrogens is 581 g/mol. The van der Waals surface area contributed by atoms with E-state index in [-0.39, 0.29) is 0 Å². The third kappa shape index (κ3) is 3.93. The van der Waals surface area contributed by atoms with Gasteiger partial charge in [-0.3, -0.25) is 0 Å². The van der Waals surface area contributed by atoms with Gasteiger partial charge in [-0.25, -0.2) is 0 Å². The molecule has 224 valence electrons. The molecule has 0 spiro atoms. The number of rotatable bonds is 5. The van der Waals surface area contributed by atoms with Crippen molar-refractivity contribution in [3.8, 4) is 22.3 Å². The molecule has 0 saturated carbocycles. The number of aromatic nitrogens is 1.